The topological polar surface area (TPSA) is 140 Å². The second-order valence-electron chi connectivity index (χ2n) is 8.41. The molecule has 3 heterocycles. The Bertz CT molecular complexity index is 1310. The molecular formula is C24H22FN7O3. The van der Waals surface area contributed by atoms with E-state index >= 15 is 0 Å². The van der Waals surface area contributed by atoms with Gasteiger partial charge in [0.2, 0.25) is 0 Å². The van der Waals surface area contributed by atoms with Crippen molar-refractivity contribution >= 4 is 5.97 Å². The molecule has 10 nitrogen and oxygen atoms in total. The molecule has 0 bridgehead atoms. The molecule has 0 amide bonds. The van der Waals surface area contributed by atoms with E-state index in [1.54, 1.807) is 36.8 Å². The van der Waals surface area contributed by atoms with Gasteiger partial charge in [-0.3, -0.25) is 9.89 Å². The van der Waals surface area contributed by atoms with Crippen molar-refractivity contribution in [1.82, 2.24) is 35.1 Å². The average Bonchev–Trinajstić information content (AvgIpc) is 3.36. The first-order valence-corrected chi connectivity index (χ1v) is 11.2. The fourth-order valence-corrected chi connectivity index (χ4v) is 4.18. The van der Waals surface area contributed by atoms with Gasteiger partial charge in [0.05, 0.1) is 5.56 Å². The number of hydrogen-bond donors (Lipinski definition) is 2. The molecular weight excluding hydrogens is 453 g/mol. The summed E-state index contributed by atoms with van der Waals surface area (Å²) in [4.78, 5) is 31.7. The normalized spacial score (nSPS) is 17.7. The number of aromatic nitrogens is 7. The van der Waals surface area contributed by atoms with Gasteiger partial charge in [0.25, 0.3) is 0 Å². The fourth-order valence-electron chi connectivity index (χ4n) is 4.18. The van der Waals surface area contributed by atoms with Crippen LogP contribution in [0.2, 0.25) is 0 Å². The third-order valence-corrected chi connectivity index (χ3v) is 6.01. The van der Waals surface area contributed by atoms with Crippen molar-refractivity contribution in [3.05, 3.63) is 55.0 Å². The molecule has 178 valence electrons. The Balaban J connectivity index is 1.24. The molecule has 0 saturated heterocycles. The van der Waals surface area contributed by atoms with Crippen LogP contribution < -0.4 is 4.74 Å². The van der Waals surface area contributed by atoms with Crippen molar-refractivity contribution in [2.45, 2.75) is 38.2 Å². The molecule has 4 aromatic rings. The number of hydrogen-bond acceptors (Lipinski definition) is 8. The molecule has 1 aromatic carbocycles. The minimum absolute atomic E-state index is 0.0313. The summed E-state index contributed by atoms with van der Waals surface area (Å²) >= 11 is 0. The molecule has 2 N–H and O–H groups in total. The van der Waals surface area contributed by atoms with E-state index in [1.165, 1.54) is 12.4 Å². The van der Waals surface area contributed by atoms with Crippen LogP contribution in [-0.4, -0.2) is 52.3 Å². The van der Waals surface area contributed by atoms with Crippen LogP contribution in [0.25, 0.3) is 34.0 Å². The molecule has 0 aliphatic heterocycles. The molecule has 0 spiro atoms. The lowest BCUT2D eigenvalue weighted by atomic mass is 9.85. The van der Waals surface area contributed by atoms with Gasteiger partial charge < -0.3 is 9.84 Å². The zero-order valence-corrected chi connectivity index (χ0v) is 18.6. The number of carbonyl (C=O) groups is 1. The van der Waals surface area contributed by atoms with E-state index in [9.17, 15) is 9.18 Å². The number of nitrogens with zero attached hydrogens (tertiary/aromatic N) is 6. The number of aliphatic carboxylic acids is 1. The molecule has 5 rings (SSSR count). The summed E-state index contributed by atoms with van der Waals surface area (Å²) in [6.45, 7) is 0. The molecule has 11 heteroatoms. The van der Waals surface area contributed by atoms with Gasteiger partial charge in [-0.25, -0.2) is 29.3 Å². The summed E-state index contributed by atoms with van der Waals surface area (Å²) < 4.78 is 20.8. The molecule has 3 aromatic heterocycles. The molecule has 0 unspecified atom stereocenters. The van der Waals surface area contributed by atoms with Gasteiger partial charge in [-0.15, -0.1) is 0 Å². The van der Waals surface area contributed by atoms with Gasteiger partial charge in [-0.05, 0) is 55.4 Å². The third-order valence-electron chi connectivity index (χ3n) is 6.01. The van der Waals surface area contributed by atoms with E-state index in [2.05, 4.69) is 35.1 Å². The second kappa shape index (κ2) is 9.92. The van der Waals surface area contributed by atoms with Gasteiger partial charge in [-0.1, -0.05) is 6.07 Å². The predicted octanol–water partition coefficient (Wildman–Crippen LogP) is 3.94. The smallest absolute Gasteiger partial charge is 0.316 e. The maximum Gasteiger partial charge on any atom is 0.316 e. The molecule has 35 heavy (non-hydrogen) atoms. The SMILES string of the molecule is O=C(O)CC1CCC(Oc2ncc(-c3ccc(-c4n[nH]c(-c5ccncn5)n4)c(F)c3)cn2)CC1. The maximum absolute atomic E-state index is 14.9. The Hall–Kier alpha value is -4.28. The van der Waals surface area contributed by atoms with Crippen molar-refractivity contribution in [3.8, 4) is 40.0 Å². The second-order valence-corrected chi connectivity index (χ2v) is 8.41. The van der Waals surface area contributed by atoms with E-state index in [1.807, 2.05) is 0 Å². The fraction of sp³-hybridized carbons (Fsp3) is 0.292. The predicted molar refractivity (Wildman–Crippen MR) is 122 cm³/mol. The number of benzene rings is 1. The molecule has 1 aliphatic rings. The molecule has 1 fully saturated rings. The number of nitrogens with one attached hydrogen (secondary N) is 1. The van der Waals surface area contributed by atoms with Crippen LogP contribution in [-0.2, 0) is 4.79 Å². The number of carboxylic acid groups (broad SMARTS) is 1. The monoisotopic (exact) mass is 475 g/mol. The van der Waals surface area contributed by atoms with Crippen LogP contribution in [0.4, 0.5) is 4.39 Å². The quantitative estimate of drug-likeness (QED) is 0.407. The van der Waals surface area contributed by atoms with E-state index in [0.717, 1.165) is 25.7 Å². The van der Waals surface area contributed by atoms with Crippen LogP contribution in [0.3, 0.4) is 0 Å². The minimum Gasteiger partial charge on any atom is -0.481 e. The summed E-state index contributed by atoms with van der Waals surface area (Å²) in [6, 6.07) is 6.69. The van der Waals surface area contributed by atoms with Crippen LogP contribution in [0, 0.1) is 11.7 Å². The number of aromatic amines is 1. The summed E-state index contributed by atoms with van der Waals surface area (Å²) in [5.74, 6) is -0.394. The zero-order chi connectivity index (χ0) is 24.2. The number of ether oxygens (including phenoxy) is 1. The summed E-state index contributed by atoms with van der Waals surface area (Å²) in [6.07, 6.45) is 9.51. The van der Waals surface area contributed by atoms with E-state index in [0.29, 0.717) is 22.6 Å². The lowest BCUT2D eigenvalue weighted by molar-refractivity contribution is -0.138. The Morgan fingerprint density at radius 3 is 2.57 bits per heavy atom. The van der Waals surface area contributed by atoms with Crippen LogP contribution in [0.1, 0.15) is 32.1 Å². The van der Waals surface area contributed by atoms with E-state index in [-0.39, 0.29) is 35.8 Å². The third kappa shape index (κ3) is 5.29. The lowest BCUT2D eigenvalue weighted by Crippen LogP contribution is -2.25. The van der Waals surface area contributed by atoms with Crippen molar-refractivity contribution in [2.24, 2.45) is 5.92 Å². The Morgan fingerprint density at radius 2 is 1.89 bits per heavy atom. The van der Waals surface area contributed by atoms with Crippen LogP contribution in [0.5, 0.6) is 6.01 Å². The van der Waals surface area contributed by atoms with Crippen molar-refractivity contribution in [1.29, 1.82) is 0 Å². The molecule has 1 saturated carbocycles. The highest BCUT2D eigenvalue weighted by Crippen LogP contribution is 2.30. The standard InChI is InChI=1S/C24H22FN7O3/c25-19-10-15(3-6-18(19)22-30-23(32-31-22)20-7-8-26-13-29-20)16-11-27-24(28-12-16)35-17-4-1-14(2-5-17)9-21(33)34/h3,6-8,10-14,17H,1-2,4-5,9H2,(H,33,34)(H,30,31,32). The first-order chi connectivity index (χ1) is 17.0. The van der Waals surface area contributed by atoms with E-state index in [4.69, 9.17) is 9.84 Å². The Kier molecular flexibility index (Phi) is 6.38. The van der Waals surface area contributed by atoms with Gasteiger partial charge in [0.15, 0.2) is 11.6 Å². The maximum atomic E-state index is 14.9. The van der Waals surface area contributed by atoms with Crippen LogP contribution in [0.15, 0.2) is 49.2 Å². The summed E-state index contributed by atoms with van der Waals surface area (Å²) in [7, 11) is 0. The highest BCUT2D eigenvalue weighted by atomic mass is 19.1. The molecule has 0 atom stereocenters. The first-order valence-electron chi connectivity index (χ1n) is 11.2. The number of rotatable bonds is 7. The van der Waals surface area contributed by atoms with E-state index < -0.39 is 11.8 Å². The van der Waals surface area contributed by atoms with Crippen molar-refractivity contribution in [3.63, 3.8) is 0 Å². The number of H-pyrrole nitrogens is 1. The highest BCUT2D eigenvalue weighted by molar-refractivity contribution is 5.68. The first kappa shape index (κ1) is 22.5. The minimum atomic E-state index is -0.759. The summed E-state index contributed by atoms with van der Waals surface area (Å²) in [5.41, 5.74) is 2.07. The average molecular weight is 475 g/mol. The molecule has 1 aliphatic carbocycles. The largest absolute Gasteiger partial charge is 0.481 e. The van der Waals surface area contributed by atoms with Gasteiger partial charge >= 0.3 is 12.0 Å². The number of carboxylic acids is 1. The molecule has 0 radical (unpaired) electrons. The Morgan fingerprint density at radius 1 is 1.09 bits per heavy atom. The van der Waals surface area contributed by atoms with Gasteiger partial charge in [-0.2, -0.15) is 5.10 Å². The lowest BCUT2D eigenvalue weighted by Gasteiger charge is -2.27. The Labute approximate surface area is 199 Å². The van der Waals surface area contributed by atoms with Gasteiger partial charge in [0.1, 0.15) is 23.9 Å². The highest BCUT2D eigenvalue weighted by Gasteiger charge is 2.24. The zero-order valence-electron chi connectivity index (χ0n) is 18.6. The van der Waals surface area contributed by atoms with Gasteiger partial charge in [0, 0.05) is 30.6 Å². The van der Waals surface area contributed by atoms with Crippen LogP contribution >= 0.6 is 0 Å². The number of halogens is 1. The van der Waals surface area contributed by atoms with Crippen molar-refractivity contribution in [2.75, 3.05) is 0 Å². The van der Waals surface area contributed by atoms with Crippen molar-refractivity contribution < 1.29 is 19.0 Å². The summed E-state index contributed by atoms with van der Waals surface area (Å²) in [5, 5.41) is 15.8.